The van der Waals surface area contributed by atoms with E-state index in [1.807, 2.05) is 104 Å². The van der Waals surface area contributed by atoms with E-state index in [-0.39, 0.29) is 78.6 Å². The maximum Gasteiger partial charge on any atom is 0.122 e. The van der Waals surface area contributed by atoms with Gasteiger partial charge in [-0.05, 0) is 0 Å². The van der Waals surface area contributed by atoms with Gasteiger partial charge in [0.1, 0.15) is 44.7 Å². The maximum atomic E-state index is 10.1. The second-order valence-corrected chi connectivity index (χ2v) is 12.4. The van der Waals surface area contributed by atoms with E-state index >= 15 is 0 Å². The molecule has 2 aliphatic rings. The van der Waals surface area contributed by atoms with E-state index < -0.39 is 6.10 Å². The molecule has 9 heteroatoms. The minimum absolute atomic E-state index is 0. The van der Waals surface area contributed by atoms with E-state index in [1.54, 1.807) is 0 Å². The molecule has 0 aromatic heterocycles. The molecule has 0 saturated carbocycles. The molecule has 0 aliphatic carbocycles. The average Bonchev–Trinajstić information content (AvgIpc) is 3.97. The van der Waals surface area contributed by atoms with Crippen LogP contribution < -0.4 is 18.9 Å². The molecule has 4 aromatic carbocycles. The summed E-state index contributed by atoms with van der Waals surface area (Å²) in [4.78, 5) is 0. The Morgan fingerprint density at radius 3 is 0.940 bits per heavy atom. The van der Waals surface area contributed by atoms with Crippen LogP contribution in [0.3, 0.4) is 0 Å². The van der Waals surface area contributed by atoms with E-state index in [2.05, 4.69) is 24.3 Å². The zero-order valence-corrected chi connectivity index (χ0v) is 36.3. The summed E-state index contributed by atoms with van der Waals surface area (Å²) in [6, 6.07) is 27.5. The first-order valence-electron chi connectivity index (χ1n) is 16.3. The Labute approximate surface area is 349 Å². The van der Waals surface area contributed by atoms with Gasteiger partial charge in [0, 0.05) is 88.4 Å². The summed E-state index contributed by atoms with van der Waals surface area (Å²) in [5.74, 6) is 3.57. The third kappa shape index (κ3) is 14.7. The molecule has 0 bridgehead atoms. The van der Waals surface area contributed by atoms with Crippen LogP contribution in [0.15, 0.2) is 48.5 Å². The topological polar surface area (TPSA) is 82.2 Å². The fraction of sp³-hybridized carbons (Fsp3) is 0.415. The standard InChI is InChI=1S/C19H22O3.2C11H13O2.2Y/c1-13-7-5-8-14(2)18(13)21-11-17(20)12-22-19-15(3)9-6-10-16(19)4;2*1-8-4-3-5-9(2)11(8)13-7-10-6-12-10;;/h7-10,17,20H,11-12H2,1-4H3;2*4-5,10H,6-7H2,1-2H3;;/q-2;2*-1;;. The van der Waals surface area contributed by atoms with Crippen molar-refractivity contribution in [3.63, 3.8) is 0 Å². The molecular formula is C41H48O7Y2-4. The molecule has 2 aliphatic heterocycles. The number of benzene rings is 4. The van der Waals surface area contributed by atoms with Gasteiger partial charge in [-0.25, -0.2) is 0 Å². The molecule has 2 fully saturated rings. The van der Waals surface area contributed by atoms with Gasteiger partial charge < -0.3 is 33.5 Å². The quantitative estimate of drug-likeness (QED) is 0.121. The average molecular weight is 831 g/mol. The van der Waals surface area contributed by atoms with Crippen molar-refractivity contribution in [3.05, 3.63) is 117 Å². The maximum absolute atomic E-state index is 10.1. The van der Waals surface area contributed by atoms with Crippen molar-refractivity contribution in [1.82, 2.24) is 0 Å². The van der Waals surface area contributed by atoms with Crippen molar-refractivity contribution in [2.45, 2.75) is 73.7 Å². The Morgan fingerprint density at radius 1 is 0.500 bits per heavy atom. The van der Waals surface area contributed by atoms with E-state index in [4.69, 9.17) is 28.4 Å². The monoisotopic (exact) mass is 830 g/mol. The number of rotatable bonds is 12. The van der Waals surface area contributed by atoms with Crippen molar-refractivity contribution in [3.8, 4) is 23.0 Å². The van der Waals surface area contributed by atoms with Gasteiger partial charge >= 0.3 is 0 Å². The molecule has 0 spiro atoms. The molecule has 2 radical (unpaired) electrons. The number of aliphatic hydroxyl groups is 1. The van der Waals surface area contributed by atoms with E-state index in [0.717, 1.165) is 80.7 Å². The van der Waals surface area contributed by atoms with E-state index in [9.17, 15) is 5.11 Å². The fourth-order valence-corrected chi connectivity index (χ4v) is 4.93. The molecule has 2 unspecified atom stereocenters. The van der Waals surface area contributed by atoms with E-state index in [1.165, 1.54) is 0 Å². The van der Waals surface area contributed by atoms with Gasteiger partial charge in [0.05, 0.1) is 13.2 Å². The van der Waals surface area contributed by atoms with Gasteiger partial charge in [0.2, 0.25) is 0 Å². The summed E-state index contributed by atoms with van der Waals surface area (Å²) in [5, 5.41) is 10.1. The van der Waals surface area contributed by atoms with Crippen molar-refractivity contribution in [2.24, 2.45) is 0 Å². The summed E-state index contributed by atoms with van der Waals surface area (Å²) in [7, 11) is 0. The molecule has 6 rings (SSSR count). The summed E-state index contributed by atoms with van der Waals surface area (Å²) < 4.78 is 32.9. The smallest absolute Gasteiger partial charge is 0.122 e. The van der Waals surface area contributed by atoms with Gasteiger partial charge in [-0.15, -0.1) is 44.5 Å². The third-order valence-corrected chi connectivity index (χ3v) is 7.74. The molecule has 2 heterocycles. The van der Waals surface area contributed by atoms with Gasteiger partial charge in [-0.3, -0.25) is 0 Å². The normalized spacial score (nSPS) is 15.2. The Hall–Kier alpha value is -1.83. The predicted molar refractivity (Wildman–Crippen MR) is 186 cm³/mol. The van der Waals surface area contributed by atoms with Crippen LogP contribution >= 0.6 is 0 Å². The number of aliphatic hydroxyl groups excluding tert-OH is 1. The van der Waals surface area contributed by atoms with Crippen molar-refractivity contribution < 1.29 is 98.9 Å². The Morgan fingerprint density at radius 2 is 0.720 bits per heavy atom. The van der Waals surface area contributed by atoms with Crippen LogP contribution in [-0.2, 0) is 74.9 Å². The summed E-state index contributed by atoms with van der Waals surface area (Å²) in [6.45, 7) is 19.4. The van der Waals surface area contributed by atoms with Crippen molar-refractivity contribution in [1.29, 1.82) is 0 Å². The second kappa shape index (κ2) is 22.3. The predicted octanol–water partition coefficient (Wildman–Crippen LogP) is 7.10. The molecule has 7 nitrogen and oxygen atoms in total. The van der Waals surface area contributed by atoms with Crippen LogP contribution in [0.2, 0.25) is 0 Å². The van der Waals surface area contributed by atoms with Crippen LogP contribution in [0.5, 0.6) is 23.0 Å². The SMILES string of the molecule is Cc1c[c-]cc(C)c1OCC(O)COc1c(C)c[c-]cc1C.Cc1c[c-]cc(C)c1OCC1CO1.Cc1c[c-]cc(C)c1OCC1CO1.[Y].[Y]. The number of hydrogen-bond acceptors (Lipinski definition) is 7. The Kier molecular flexibility index (Phi) is 19.8. The zero-order chi connectivity index (χ0) is 34.6. The number of hydrogen-bond donors (Lipinski definition) is 1. The Bertz CT molecular complexity index is 1420. The Balaban J connectivity index is 0.000000268. The third-order valence-electron chi connectivity index (χ3n) is 7.74. The summed E-state index contributed by atoms with van der Waals surface area (Å²) in [6.07, 6.45) is -0.0445. The minimum atomic E-state index is -0.689. The van der Waals surface area contributed by atoms with Gasteiger partial charge in [-0.1, -0.05) is 55.4 Å². The molecule has 2 saturated heterocycles. The first-order valence-corrected chi connectivity index (χ1v) is 16.3. The summed E-state index contributed by atoms with van der Waals surface area (Å²) in [5.41, 5.74) is 8.61. The van der Waals surface area contributed by atoms with Crippen LogP contribution in [0, 0.1) is 79.7 Å². The molecule has 1 N–H and O–H groups in total. The largest absolute Gasteiger partial charge is 0.516 e. The van der Waals surface area contributed by atoms with Gasteiger partial charge in [0.25, 0.3) is 0 Å². The molecule has 4 aromatic rings. The number of ether oxygens (including phenoxy) is 6. The van der Waals surface area contributed by atoms with Crippen LogP contribution in [0.4, 0.5) is 0 Å². The molecule has 0 amide bonds. The molecule has 2 atom stereocenters. The van der Waals surface area contributed by atoms with Crippen LogP contribution in [-0.4, -0.2) is 63.1 Å². The van der Waals surface area contributed by atoms with Crippen molar-refractivity contribution in [2.75, 3.05) is 39.6 Å². The van der Waals surface area contributed by atoms with Crippen LogP contribution in [0.25, 0.3) is 0 Å². The molecule has 264 valence electrons. The zero-order valence-electron chi connectivity index (χ0n) is 30.6. The van der Waals surface area contributed by atoms with Crippen LogP contribution in [0.1, 0.15) is 44.5 Å². The molecular weight excluding hydrogens is 782 g/mol. The first-order chi connectivity index (χ1) is 23.0. The minimum Gasteiger partial charge on any atom is -0.516 e. The second-order valence-electron chi connectivity index (χ2n) is 12.4. The molecule has 50 heavy (non-hydrogen) atoms. The van der Waals surface area contributed by atoms with Gasteiger partial charge in [0.15, 0.2) is 0 Å². The van der Waals surface area contributed by atoms with E-state index in [0.29, 0.717) is 25.4 Å². The van der Waals surface area contributed by atoms with Crippen molar-refractivity contribution >= 4 is 0 Å². The number of aryl methyl sites for hydroxylation is 8. The summed E-state index contributed by atoms with van der Waals surface area (Å²) >= 11 is 0. The fourth-order valence-electron chi connectivity index (χ4n) is 4.93. The van der Waals surface area contributed by atoms with Gasteiger partial charge in [-0.2, -0.15) is 72.8 Å². The number of epoxide rings is 2. The first kappa shape index (κ1) is 44.3.